The number of anilines is 3. The number of carbonyl (C=O) groups excluding carboxylic acids is 3. The number of nitrogens with two attached hydrogens (primary N) is 1. The van der Waals surface area contributed by atoms with Crippen LogP contribution in [0, 0.1) is 5.92 Å². The van der Waals surface area contributed by atoms with Gasteiger partial charge in [-0.3, -0.25) is 24.6 Å². The zero-order valence-electron chi connectivity index (χ0n) is 30.0. The largest absolute Gasteiger partial charge is 0.371 e. The summed E-state index contributed by atoms with van der Waals surface area (Å²) >= 11 is 1.66. The smallest absolute Gasteiger partial charge is 0.255 e. The summed E-state index contributed by atoms with van der Waals surface area (Å²) in [5.41, 5.74) is 10.3. The maximum absolute atomic E-state index is 13.1. The third-order valence-electron chi connectivity index (χ3n) is 11.6. The fourth-order valence-electron chi connectivity index (χ4n) is 8.32. The summed E-state index contributed by atoms with van der Waals surface area (Å²) in [6.07, 6.45) is 8.73. The molecule has 5 aliphatic rings. The number of piperidine rings is 3. The predicted molar refractivity (Wildman–Crippen MR) is 203 cm³/mol. The van der Waals surface area contributed by atoms with Gasteiger partial charge in [0, 0.05) is 99.2 Å². The fraction of sp³-hybridized carbons (Fsp3) is 0.513. The Labute approximate surface area is 310 Å². The Balaban J connectivity index is 0.787. The van der Waals surface area contributed by atoms with E-state index in [-0.39, 0.29) is 29.7 Å². The Hall–Kier alpha value is -4.20. The minimum Gasteiger partial charge on any atom is -0.371 e. The number of imide groups is 1. The lowest BCUT2D eigenvalue weighted by atomic mass is 9.91. The molecule has 12 nitrogen and oxygen atoms in total. The van der Waals surface area contributed by atoms with E-state index in [2.05, 4.69) is 62.2 Å². The van der Waals surface area contributed by atoms with Gasteiger partial charge in [0.2, 0.25) is 11.8 Å². The summed E-state index contributed by atoms with van der Waals surface area (Å²) < 4.78 is 0. The van der Waals surface area contributed by atoms with E-state index in [1.807, 2.05) is 24.5 Å². The van der Waals surface area contributed by atoms with Crippen molar-refractivity contribution in [3.05, 3.63) is 66.0 Å². The van der Waals surface area contributed by atoms with E-state index >= 15 is 0 Å². The molecule has 2 aromatic carbocycles. The highest BCUT2D eigenvalue weighted by atomic mass is 32.2. The topological polar surface area (TPSA) is 131 Å². The van der Waals surface area contributed by atoms with E-state index in [1.165, 1.54) is 23.4 Å². The first kappa shape index (κ1) is 34.9. The van der Waals surface area contributed by atoms with Gasteiger partial charge < -0.3 is 25.3 Å². The summed E-state index contributed by atoms with van der Waals surface area (Å²) in [6, 6.07) is 14.3. The Kier molecular flexibility index (Phi) is 9.84. The molecule has 1 aromatic heterocycles. The molecule has 3 amide bonds. The molecule has 52 heavy (non-hydrogen) atoms. The van der Waals surface area contributed by atoms with Gasteiger partial charge in [0.25, 0.3) is 5.91 Å². The van der Waals surface area contributed by atoms with Crippen molar-refractivity contribution in [2.45, 2.75) is 73.5 Å². The van der Waals surface area contributed by atoms with Gasteiger partial charge in [-0.2, -0.15) is 0 Å². The Bertz CT molecular complexity index is 1790. The van der Waals surface area contributed by atoms with Crippen molar-refractivity contribution >= 4 is 46.7 Å². The van der Waals surface area contributed by atoms with E-state index in [0.29, 0.717) is 24.4 Å². The number of hydrogen-bond donors (Lipinski definition) is 2. The number of piperazine rings is 1. The van der Waals surface area contributed by atoms with Crippen molar-refractivity contribution in [3.63, 3.8) is 0 Å². The molecule has 1 atom stereocenters. The normalized spacial score (nSPS) is 22.9. The molecule has 0 saturated carbocycles. The second-order valence-electron chi connectivity index (χ2n) is 15.4. The summed E-state index contributed by atoms with van der Waals surface area (Å²) in [5, 5.41) is 3.29. The number of benzene rings is 2. The molecular formula is C39H49N9O3S. The van der Waals surface area contributed by atoms with Crippen LogP contribution in [0.1, 0.15) is 61.4 Å². The first-order valence-corrected chi connectivity index (χ1v) is 19.6. The van der Waals surface area contributed by atoms with Gasteiger partial charge in [0.1, 0.15) is 16.9 Å². The number of carbonyl (C=O) groups is 3. The second-order valence-corrected chi connectivity index (χ2v) is 16.5. The highest BCUT2D eigenvalue weighted by molar-refractivity contribution is 7.99. The van der Waals surface area contributed by atoms with E-state index in [1.54, 1.807) is 16.7 Å². The van der Waals surface area contributed by atoms with Gasteiger partial charge in [0.15, 0.2) is 0 Å². The van der Waals surface area contributed by atoms with Crippen molar-refractivity contribution in [3.8, 4) is 0 Å². The van der Waals surface area contributed by atoms with Crippen molar-refractivity contribution in [2.75, 3.05) is 73.6 Å². The van der Waals surface area contributed by atoms with Crippen molar-refractivity contribution in [1.29, 1.82) is 0 Å². The predicted octanol–water partition coefficient (Wildman–Crippen LogP) is 3.75. The van der Waals surface area contributed by atoms with Gasteiger partial charge in [-0.05, 0) is 86.9 Å². The van der Waals surface area contributed by atoms with Crippen LogP contribution in [0.25, 0.3) is 0 Å². The lowest BCUT2D eigenvalue weighted by Crippen LogP contribution is -2.52. The summed E-state index contributed by atoms with van der Waals surface area (Å²) in [7, 11) is 0. The first-order chi connectivity index (χ1) is 25.2. The molecule has 6 heterocycles. The summed E-state index contributed by atoms with van der Waals surface area (Å²) in [5.74, 6) is 0.862. The highest BCUT2D eigenvalue weighted by Crippen LogP contribution is 2.33. The zero-order chi connectivity index (χ0) is 35.8. The summed E-state index contributed by atoms with van der Waals surface area (Å²) in [6.45, 7) is 11.6. The van der Waals surface area contributed by atoms with Crippen molar-refractivity contribution in [2.24, 2.45) is 11.7 Å². The van der Waals surface area contributed by atoms with Crippen LogP contribution in [-0.4, -0.2) is 108 Å². The number of rotatable bonds is 8. The van der Waals surface area contributed by atoms with Crippen LogP contribution in [0.3, 0.4) is 0 Å². The van der Waals surface area contributed by atoms with Crippen LogP contribution in [-0.2, 0) is 16.1 Å². The minimum absolute atomic E-state index is 0.0819. The highest BCUT2D eigenvalue weighted by Gasteiger charge is 2.39. The molecule has 3 aromatic rings. The standard InChI is InChI=1S/C39H49N9O3S/c1-39(40)11-15-47(16-12-39)34-23-42-36(24-41-34)52-31-4-2-3-29(22-31)45-13-9-27(10-14-45)25-44-17-19-46(20-18-44)30-5-6-32-28(21-30)26-48(38(32)51)33-7-8-35(49)43-37(33)50/h2-6,21-24,27,33H,7-20,25-26,40H2,1H3,(H,43,49,50). The average molecular weight is 724 g/mol. The molecule has 4 saturated heterocycles. The van der Waals surface area contributed by atoms with Crippen molar-refractivity contribution < 1.29 is 14.4 Å². The maximum atomic E-state index is 13.1. The number of amides is 3. The SMILES string of the molecule is CC1(N)CCN(c2cnc(Sc3cccc(N4CCC(CN5CCN(c6ccc7c(c6)CN(C6CCC(=O)NC6=O)C7=O)CC5)CC4)c3)cn2)CC1. The molecule has 13 heteroatoms. The first-order valence-electron chi connectivity index (χ1n) is 18.8. The molecule has 3 N–H and O–H groups in total. The molecule has 8 rings (SSSR count). The fourth-order valence-corrected chi connectivity index (χ4v) is 9.10. The third kappa shape index (κ3) is 7.62. The number of nitrogens with one attached hydrogen (secondary N) is 1. The molecule has 0 aliphatic carbocycles. The van der Waals surface area contributed by atoms with Gasteiger partial charge >= 0.3 is 0 Å². The molecule has 5 aliphatic heterocycles. The zero-order valence-corrected chi connectivity index (χ0v) is 30.8. The Morgan fingerprint density at radius 1 is 0.846 bits per heavy atom. The number of hydrogen-bond acceptors (Lipinski definition) is 11. The maximum Gasteiger partial charge on any atom is 0.255 e. The Morgan fingerprint density at radius 2 is 1.60 bits per heavy atom. The van der Waals surface area contributed by atoms with Crippen LogP contribution < -0.4 is 25.8 Å². The lowest BCUT2D eigenvalue weighted by molar-refractivity contribution is -0.136. The van der Waals surface area contributed by atoms with E-state index in [4.69, 9.17) is 15.7 Å². The summed E-state index contributed by atoms with van der Waals surface area (Å²) in [4.78, 5) is 59.2. The van der Waals surface area contributed by atoms with E-state index in [0.717, 1.165) is 93.8 Å². The van der Waals surface area contributed by atoms with Crippen LogP contribution in [0.5, 0.6) is 0 Å². The van der Waals surface area contributed by atoms with E-state index in [9.17, 15) is 14.4 Å². The monoisotopic (exact) mass is 723 g/mol. The lowest BCUT2D eigenvalue weighted by Gasteiger charge is -2.40. The molecule has 0 bridgehead atoms. The van der Waals surface area contributed by atoms with Crippen LogP contribution >= 0.6 is 11.8 Å². The van der Waals surface area contributed by atoms with Crippen molar-refractivity contribution in [1.82, 2.24) is 25.1 Å². The molecule has 274 valence electrons. The van der Waals surface area contributed by atoms with Crippen LogP contribution in [0.2, 0.25) is 0 Å². The van der Waals surface area contributed by atoms with E-state index < -0.39 is 6.04 Å². The van der Waals surface area contributed by atoms with Gasteiger partial charge in [-0.25, -0.2) is 9.97 Å². The molecule has 1 unspecified atom stereocenters. The van der Waals surface area contributed by atoms with Gasteiger partial charge in [-0.1, -0.05) is 17.8 Å². The quantitative estimate of drug-likeness (QED) is 0.330. The molecule has 0 spiro atoms. The number of aromatic nitrogens is 2. The van der Waals surface area contributed by atoms with Crippen LogP contribution in [0.15, 0.2) is 64.8 Å². The Morgan fingerprint density at radius 3 is 2.33 bits per heavy atom. The van der Waals surface area contributed by atoms with Crippen LogP contribution in [0.4, 0.5) is 17.2 Å². The molecule has 0 radical (unpaired) electrons. The minimum atomic E-state index is -0.584. The number of nitrogens with zero attached hydrogens (tertiary/aromatic N) is 7. The number of fused-ring (bicyclic) bond motifs is 1. The van der Waals surface area contributed by atoms with Gasteiger partial charge in [0.05, 0.1) is 12.4 Å². The molecule has 4 fully saturated rings. The third-order valence-corrected chi connectivity index (χ3v) is 12.5. The molecular weight excluding hydrogens is 675 g/mol. The average Bonchev–Trinajstić information content (AvgIpc) is 3.47. The van der Waals surface area contributed by atoms with Gasteiger partial charge in [-0.15, -0.1) is 0 Å². The second kappa shape index (κ2) is 14.7.